The van der Waals surface area contributed by atoms with Crippen LogP contribution in [0.2, 0.25) is 0 Å². The average molecular weight is 421 g/mol. The monoisotopic (exact) mass is 421 g/mol. The third kappa shape index (κ3) is 2.65. The highest BCUT2D eigenvalue weighted by molar-refractivity contribution is 7.93. The van der Waals surface area contributed by atoms with Gasteiger partial charge in [0, 0.05) is 29.2 Å². The van der Waals surface area contributed by atoms with Crippen LogP contribution in [0.4, 0.5) is 18.9 Å². The molecule has 148 valence electrons. The predicted molar refractivity (Wildman–Crippen MR) is 96.9 cm³/mol. The van der Waals surface area contributed by atoms with Crippen molar-refractivity contribution in [2.45, 2.75) is 11.4 Å². The van der Waals surface area contributed by atoms with Gasteiger partial charge in [-0.05, 0) is 6.07 Å². The molecule has 3 heterocycles. The fourth-order valence-electron chi connectivity index (χ4n) is 3.20. The molecule has 11 heteroatoms. The number of hydrogen-bond acceptors (Lipinski definition) is 5. The molecular formula is C18H10F3N3O4S. The van der Waals surface area contributed by atoms with E-state index in [0.29, 0.717) is 17.1 Å². The SMILES string of the molecule is O=S(=O)(Nc1c(F)cc2c(c1F)OC(F)O2)c1cnc2c1ccc1ccc[nH]c12. The molecule has 0 spiro atoms. The van der Waals surface area contributed by atoms with Crippen molar-refractivity contribution in [3.63, 3.8) is 0 Å². The number of hydrogen-bond donors (Lipinski definition) is 2. The van der Waals surface area contributed by atoms with E-state index in [9.17, 15) is 21.6 Å². The summed E-state index contributed by atoms with van der Waals surface area (Å²) in [5, 5.41) is 1.07. The lowest BCUT2D eigenvalue weighted by molar-refractivity contribution is -0.0663. The van der Waals surface area contributed by atoms with Gasteiger partial charge in [0.05, 0.1) is 11.0 Å². The summed E-state index contributed by atoms with van der Waals surface area (Å²) in [6.07, 6.45) is 2.76. The Balaban J connectivity index is 1.61. The molecule has 2 aromatic heterocycles. The zero-order valence-electron chi connectivity index (χ0n) is 14.2. The highest BCUT2D eigenvalue weighted by atomic mass is 32.2. The van der Waals surface area contributed by atoms with Gasteiger partial charge >= 0.3 is 6.54 Å². The van der Waals surface area contributed by atoms with E-state index in [-0.39, 0.29) is 10.3 Å². The Morgan fingerprint density at radius 2 is 2.00 bits per heavy atom. The normalized spacial score (nSPS) is 15.9. The molecule has 1 aliphatic heterocycles. The second kappa shape index (κ2) is 6.01. The lowest BCUT2D eigenvalue weighted by Gasteiger charge is -2.10. The van der Waals surface area contributed by atoms with Gasteiger partial charge in [0.15, 0.2) is 17.4 Å². The Kier molecular flexibility index (Phi) is 3.65. The van der Waals surface area contributed by atoms with E-state index in [4.69, 9.17) is 0 Å². The number of halogens is 3. The van der Waals surface area contributed by atoms with Crippen molar-refractivity contribution in [1.29, 1.82) is 0 Å². The Morgan fingerprint density at radius 1 is 1.17 bits per heavy atom. The number of benzene rings is 2. The Bertz CT molecular complexity index is 1400. The van der Waals surface area contributed by atoms with E-state index in [1.165, 1.54) is 0 Å². The van der Waals surface area contributed by atoms with Crippen molar-refractivity contribution in [2.24, 2.45) is 0 Å². The summed E-state index contributed by atoms with van der Waals surface area (Å²) >= 11 is 0. The summed E-state index contributed by atoms with van der Waals surface area (Å²) < 4.78 is 78.4. The third-order valence-electron chi connectivity index (χ3n) is 4.48. The molecule has 0 saturated carbocycles. The number of aromatic amines is 1. The van der Waals surface area contributed by atoms with Crippen LogP contribution in [0, 0.1) is 11.6 Å². The number of anilines is 1. The van der Waals surface area contributed by atoms with E-state index in [2.05, 4.69) is 19.4 Å². The number of H-pyrrole nitrogens is 1. The number of ether oxygens (including phenoxy) is 2. The number of nitrogens with one attached hydrogen (secondary N) is 2. The molecular weight excluding hydrogens is 411 g/mol. The molecule has 2 aromatic carbocycles. The van der Waals surface area contributed by atoms with Crippen LogP contribution < -0.4 is 14.2 Å². The summed E-state index contributed by atoms with van der Waals surface area (Å²) in [6, 6.07) is 7.48. The molecule has 2 N–H and O–H groups in total. The summed E-state index contributed by atoms with van der Waals surface area (Å²) in [6.45, 7) is -2.31. The van der Waals surface area contributed by atoms with Crippen molar-refractivity contribution in [3.05, 3.63) is 54.4 Å². The maximum absolute atomic E-state index is 14.5. The minimum Gasteiger partial charge on any atom is -0.425 e. The zero-order chi connectivity index (χ0) is 20.3. The summed E-state index contributed by atoms with van der Waals surface area (Å²) in [5.41, 5.74) is -0.0144. The topological polar surface area (TPSA) is 93.3 Å². The summed E-state index contributed by atoms with van der Waals surface area (Å²) in [4.78, 5) is 6.86. The van der Waals surface area contributed by atoms with Crippen molar-refractivity contribution in [2.75, 3.05) is 4.72 Å². The number of fused-ring (bicyclic) bond motifs is 4. The van der Waals surface area contributed by atoms with Crippen LogP contribution in [0.5, 0.6) is 11.5 Å². The van der Waals surface area contributed by atoms with Crippen molar-refractivity contribution < 1.29 is 31.1 Å². The molecule has 1 atom stereocenters. The van der Waals surface area contributed by atoms with Crippen LogP contribution in [0.15, 0.2) is 47.6 Å². The standard InChI is InChI=1S/C18H10F3N3O4S/c19-10-6-11-17(28-18(21)27-11)13(20)16(10)24-29(25,26)12-7-23-15-9(12)4-3-8-2-1-5-22-14(8)15/h1-7,18,22,24H. The second-order valence-corrected chi connectivity index (χ2v) is 7.86. The Morgan fingerprint density at radius 3 is 2.83 bits per heavy atom. The highest BCUT2D eigenvalue weighted by Gasteiger charge is 2.33. The highest BCUT2D eigenvalue weighted by Crippen LogP contribution is 2.43. The van der Waals surface area contributed by atoms with Gasteiger partial charge in [0.1, 0.15) is 10.6 Å². The third-order valence-corrected chi connectivity index (χ3v) is 5.86. The molecule has 0 saturated heterocycles. The first-order valence-electron chi connectivity index (χ1n) is 8.22. The quantitative estimate of drug-likeness (QED) is 0.525. The first kappa shape index (κ1) is 17.6. The first-order chi connectivity index (χ1) is 13.8. The van der Waals surface area contributed by atoms with Gasteiger partial charge in [-0.1, -0.05) is 18.2 Å². The molecule has 29 heavy (non-hydrogen) atoms. The molecule has 7 nitrogen and oxygen atoms in total. The van der Waals surface area contributed by atoms with Crippen LogP contribution in [-0.2, 0) is 10.0 Å². The molecule has 0 amide bonds. The van der Waals surface area contributed by atoms with Gasteiger partial charge in [0.2, 0.25) is 5.75 Å². The predicted octanol–water partition coefficient (Wildman–Crippen LogP) is 3.82. The van der Waals surface area contributed by atoms with Gasteiger partial charge in [-0.2, -0.15) is 4.39 Å². The van der Waals surface area contributed by atoms with Crippen molar-refractivity contribution in [3.8, 4) is 11.5 Å². The number of pyridine rings is 1. The fourth-order valence-corrected chi connectivity index (χ4v) is 4.41. The summed E-state index contributed by atoms with van der Waals surface area (Å²) in [5.74, 6) is -3.93. The molecule has 1 aliphatic rings. The largest absolute Gasteiger partial charge is 0.425 e. The minimum absolute atomic E-state index is 0.262. The van der Waals surface area contributed by atoms with E-state index in [1.54, 1.807) is 24.4 Å². The Labute approximate surface area is 161 Å². The smallest absolute Gasteiger partial charge is 0.397 e. The maximum Gasteiger partial charge on any atom is 0.397 e. The molecule has 1 unspecified atom stereocenters. The average Bonchev–Trinajstić information content (AvgIpc) is 3.29. The lowest BCUT2D eigenvalue weighted by Crippen LogP contribution is -2.15. The van der Waals surface area contributed by atoms with Gasteiger partial charge < -0.3 is 14.5 Å². The second-order valence-electron chi connectivity index (χ2n) is 6.21. The van der Waals surface area contributed by atoms with Crippen LogP contribution in [0.1, 0.15) is 0 Å². The van der Waals surface area contributed by atoms with Crippen molar-refractivity contribution >= 4 is 37.5 Å². The Hall–Kier alpha value is -3.47. The van der Waals surface area contributed by atoms with Crippen molar-refractivity contribution in [1.82, 2.24) is 9.97 Å². The molecule has 0 fully saturated rings. The summed E-state index contributed by atoms with van der Waals surface area (Å²) in [7, 11) is -4.44. The number of sulfonamides is 1. The first-order valence-corrected chi connectivity index (χ1v) is 9.70. The zero-order valence-corrected chi connectivity index (χ0v) is 15.1. The van der Waals surface area contributed by atoms with Crippen LogP contribution >= 0.6 is 0 Å². The van der Waals surface area contributed by atoms with Gasteiger partial charge in [0.25, 0.3) is 10.0 Å². The lowest BCUT2D eigenvalue weighted by atomic mass is 10.1. The van der Waals surface area contributed by atoms with E-state index in [1.807, 2.05) is 10.8 Å². The maximum atomic E-state index is 14.5. The van der Waals surface area contributed by atoms with Crippen LogP contribution in [-0.4, -0.2) is 24.9 Å². The number of nitrogens with zero attached hydrogens (tertiary/aromatic N) is 1. The molecule has 0 bridgehead atoms. The van der Waals surface area contributed by atoms with Gasteiger partial charge in [-0.25, -0.2) is 17.2 Å². The van der Waals surface area contributed by atoms with Gasteiger partial charge in [-0.3, -0.25) is 9.71 Å². The minimum atomic E-state index is -4.44. The molecule has 5 rings (SSSR count). The molecule has 0 radical (unpaired) electrons. The molecule has 4 aromatic rings. The van der Waals surface area contributed by atoms with E-state index >= 15 is 0 Å². The fraction of sp³-hybridized carbons (Fsp3) is 0.0556. The molecule has 0 aliphatic carbocycles. The van der Waals surface area contributed by atoms with E-state index in [0.717, 1.165) is 11.6 Å². The van der Waals surface area contributed by atoms with Crippen LogP contribution in [0.3, 0.4) is 0 Å². The number of alkyl halides is 1. The number of rotatable bonds is 3. The number of aromatic nitrogens is 2. The van der Waals surface area contributed by atoms with Gasteiger partial charge in [-0.15, -0.1) is 0 Å². The van der Waals surface area contributed by atoms with E-state index < -0.39 is 45.4 Å². The van der Waals surface area contributed by atoms with Crippen LogP contribution in [0.25, 0.3) is 21.8 Å².